The largest absolute Gasteiger partial charge is 0.482 e. The predicted octanol–water partition coefficient (Wildman–Crippen LogP) is 8.38. The smallest absolute Gasteiger partial charge is 0.416 e. The second-order valence-electron chi connectivity index (χ2n) is 17.9. The number of benzene rings is 2. The Morgan fingerprint density at radius 3 is 2.57 bits per heavy atom. The normalized spacial score (nSPS) is 22.3. The van der Waals surface area contributed by atoms with Crippen LogP contribution in [0.5, 0.6) is 5.75 Å². The number of carbonyl (C=O) groups is 1. The molecule has 0 bridgehead atoms. The molecule has 19 heteroatoms. The van der Waals surface area contributed by atoms with Gasteiger partial charge in [0.25, 0.3) is 21.6 Å². The minimum absolute atomic E-state index is 0.0413. The number of nitro benzene ring substituents is 1. The summed E-state index contributed by atoms with van der Waals surface area (Å²) in [6.45, 7) is 7.87. The van der Waals surface area contributed by atoms with E-state index in [0.717, 1.165) is 60.4 Å². The molecule has 2 aromatic carbocycles. The van der Waals surface area contributed by atoms with Crippen molar-refractivity contribution in [1.82, 2.24) is 24.5 Å². The maximum atomic E-state index is 14.9. The number of nitrogens with one attached hydrogen (secondary N) is 3. The lowest BCUT2D eigenvalue weighted by Crippen LogP contribution is -2.69. The third-order valence-electron chi connectivity index (χ3n) is 12.9. The molecular weight excluding hydrogens is 887 g/mol. The van der Waals surface area contributed by atoms with Crippen molar-refractivity contribution in [1.29, 1.82) is 0 Å². The minimum atomic E-state index is -4.69. The van der Waals surface area contributed by atoms with Crippen LogP contribution in [0.25, 0.3) is 16.6 Å². The fraction of sp³-hybridized carbons (Fsp3) is 0.435. The molecular formula is C46H51ClF3N7O7S. The molecule has 0 saturated carbocycles. The van der Waals surface area contributed by atoms with Gasteiger partial charge in [-0.15, -0.1) is 0 Å². The Kier molecular flexibility index (Phi) is 13.2. The van der Waals surface area contributed by atoms with Gasteiger partial charge >= 0.3 is 6.18 Å². The zero-order valence-electron chi connectivity index (χ0n) is 36.0. The van der Waals surface area contributed by atoms with E-state index in [0.29, 0.717) is 62.8 Å². The van der Waals surface area contributed by atoms with Crippen molar-refractivity contribution in [2.75, 3.05) is 57.8 Å². The molecule has 14 nitrogen and oxygen atoms in total. The number of nitrogens with zero attached hydrogens (tertiary/aromatic N) is 4. The number of aromatic nitrogens is 2. The highest BCUT2D eigenvalue weighted by molar-refractivity contribution is 7.90. The quantitative estimate of drug-likeness (QED) is 0.0869. The lowest BCUT2D eigenvalue weighted by molar-refractivity contribution is -0.384. The van der Waals surface area contributed by atoms with Crippen LogP contribution >= 0.6 is 11.6 Å². The number of sulfonamides is 1. The summed E-state index contributed by atoms with van der Waals surface area (Å²) in [5.41, 5.74) is 0.268. The molecule has 4 heterocycles. The van der Waals surface area contributed by atoms with Crippen molar-refractivity contribution in [2.45, 2.75) is 68.7 Å². The number of pyridine rings is 1. The molecule has 3 N–H and O–H groups in total. The van der Waals surface area contributed by atoms with Gasteiger partial charge in [-0.25, -0.2) is 18.1 Å². The van der Waals surface area contributed by atoms with Crippen LogP contribution in [0.3, 0.4) is 0 Å². The highest BCUT2D eigenvalue weighted by Gasteiger charge is 2.52. The van der Waals surface area contributed by atoms with Gasteiger partial charge in [-0.1, -0.05) is 55.3 Å². The first-order valence-corrected chi connectivity index (χ1v) is 23.5. The van der Waals surface area contributed by atoms with Crippen LogP contribution in [0, 0.1) is 21.4 Å². The Labute approximate surface area is 380 Å². The van der Waals surface area contributed by atoms with Gasteiger partial charge in [0, 0.05) is 75.2 Å². The van der Waals surface area contributed by atoms with Crippen LogP contribution < -0.4 is 14.8 Å². The molecule has 2 fully saturated rings. The standard InChI is InChI=1S/C46H51ClF3N7O7S/c1-44(2)15-10-32(37(26-44)36-8-6-33(24-38(36)47)46(48,49)50)29-55-17-19-56(20-18-55)45(14-4-3-5-41(45)64-34-23-31-11-16-51-42(31)53-28-34)43(58)54-65(61,62)35-7-9-39(40(25-35)57(59)60)52-27-30-12-21-63-22-13-30/h3-9,11,14,16,23-25,28,30,41,52H,10,12-13,15,17-22,26-27,29H2,1-2H3,(H,51,53)(H,54,58). The van der Waals surface area contributed by atoms with E-state index in [1.165, 1.54) is 24.4 Å². The van der Waals surface area contributed by atoms with Gasteiger partial charge in [0.1, 0.15) is 23.2 Å². The summed E-state index contributed by atoms with van der Waals surface area (Å²) >= 11 is 6.57. The predicted molar refractivity (Wildman–Crippen MR) is 241 cm³/mol. The minimum Gasteiger partial charge on any atom is -0.482 e. The average Bonchev–Trinajstić information content (AvgIpc) is 3.75. The van der Waals surface area contributed by atoms with Crippen LogP contribution in [0.2, 0.25) is 5.02 Å². The first-order valence-electron chi connectivity index (χ1n) is 21.6. The number of anilines is 1. The number of halogens is 4. The molecule has 8 rings (SSSR count). The third kappa shape index (κ3) is 10.1. The second kappa shape index (κ2) is 18.5. The molecule has 2 unspecified atom stereocenters. The zero-order chi connectivity index (χ0) is 46.1. The van der Waals surface area contributed by atoms with Gasteiger partial charge in [0.05, 0.1) is 21.6 Å². The molecule has 2 aliphatic carbocycles. The zero-order valence-corrected chi connectivity index (χ0v) is 37.6. The van der Waals surface area contributed by atoms with E-state index in [9.17, 15) is 36.5 Å². The molecule has 2 atom stereocenters. The van der Waals surface area contributed by atoms with Gasteiger partial charge in [0.15, 0.2) is 5.54 Å². The van der Waals surface area contributed by atoms with Crippen LogP contribution in [0.4, 0.5) is 24.5 Å². The fourth-order valence-corrected chi connectivity index (χ4v) is 10.6. The number of H-pyrrole nitrogens is 1. The number of hydrogen-bond donors (Lipinski definition) is 3. The molecule has 0 radical (unpaired) electrons. The summed E-state index contributed by atoms with van der Waals surface area (Å²) in [6.07, 6.45) is 8.13. The number of ether oxygens (including phenoxy) is 2. The number of aromatic amines is 1. The monoisotopic (exact) mass is 937 g/mol. The molecule has 0 spiro atoms. The topological polar surface area (TPSA) is 172 Å². The molecule has 65 heavy (non-hydrogen) atoms. The van der Waals surface area contributed by atoms with E-state index in [2.05, 4.69) is 38.8 Å². The number of nitro groups is 1. The van der Waals surface area contributed by atoms with E-state index < -0.39 is 54.8 Å². The summed E-state index contributed by atoms with van der Waals surface area (Å²) in [5, 5.41) is 16.2. The SMILES string of the molecule is CC1(C)CCC(CN2CCN(C3(C(=O)NS(=O)(=O)c4ccc(NCC5CCOCC5)c([N+](=O)[O-])c4)C=CC=CC3Oc3cnc4[nH]ccc4c3)CC2)=C(c2ccc(C(F)(F)F)cc2Cl)C1. The van der Waals surface area contributed by atoms with Crippen molar-refractivity contribution < 1.29 is 40.8 Å². The van der Waals surface area contributed by atoms with Gasteiger partial charge in [-0.3, -0.25) is 24.7 Å². The molecule has 2 saturated heterocycles. The van der Waals surface area contributed by atoms with Gasteiger partial charge in [-0.2, -0.15) is 13.2 Å². The maximum Gasteiger partial charge on any atom is 0.416 e. The molecule has 2 aliphatic heterocycles. The van der Waals surface area contributed by atoms with Crippen LogP contribution in [0.1, 0.15) is 57.1 Å². The Hall–Kier alpha value is -5.27. The maximum absolute atomic E-state index is 14.9. The van der Waals surface area contributed by atoms with Gasteiger partial charge in [0.2, 0.25) is 0 Å². The number of allylic oxidation sites excluding steroid dienone is 3. The second-order valence-corrected chi connectivity index (χ2v) is 20.0. The van der Waals surface area contributed by atoms with Gasteiger partial charge < -0.3 is 19.8 Å². The van der Waals surface area contributed by atoms with Crippen molar-refractivity contribution in [3.05, 3.63) is 117 Å². The van der Waals surface area contributed by atoms with Crippen LogP contribution in [0.15, 0.2) is 95.7 Å². The van der Waals surface area contributed by atoms with Crippen molar-refractivity contribution in [3.8, 4) is 5.75 Å². The lowest BCUT2D eigenvalue weighted by Gasteiger charge is -2.48. The number of piperazine rings is 1. The summed E-state index contributed by atoms with van der Waals surface area (Å²) in [4.78, 5) is 37.6. The first-order chi connectivity index (χ1) is 30.9. The van der Waals surface area contributed by atoms with E-state index in [1.807, 2.05) is 11.0 Å². The summed E-state index contributed by atoms with van der Waals surface area (Å²) in [5.74, 6) is -0.353. The number of amides is 1. The Bertz CT molecular complexity index is 2660. The van der Waals surface area contributed by atoms with Crippen LogP contribution in [-0.4, -0.2) is 103 Å². The fourth-order valence-electron chi connectivity index (χ4n) is 9.22. The first kappa shape index (κ1) is 46.3. The van der Waals surface area contributed by atoms with Crippen molar-refractivity contribution in [3.63, 3.8) is 0 Å². The number of carbonyl (C=O) groups excluding carboxylic acids is 1. The highest BCUT2D eigenvalue weighted by atomic mass is 35.5. The number of hydrogen-bond acceptors (Lipinski definition) is 11. The lowest BCUT2D eigenvalue weighted by atomic mass is 9.72. The Morgan fingerprint density at radius 1 is 1.08 bits per heavy atom. The van der Waals surface area contributed by atoms with Crippen molar-refractivity contribution >= 4 is 55.5 Å². The summed E-state index contributed by atoms with van der Waals surface area (Å²) in [6, 6.07) is 10.6. The van der Waals surface area contributed by atoms with E-state index >= 15 is 0 Å². The van der Waals surface area contributed by atoms with Crippen molar-refractivity contribution in [2.24, 2.45) is 11.3 Å². The number of fused-ring (bicyclic) bond motifs is 1. The molecule has 346 valence electrons. The molecule has 4 aliphatic rings. The molecule has 2 aromatic heterocycles. The Balaban J connectivity index is 1.07. The van der Waals surface area contributed by atoms with Gasteiger partial charge in [-0.05, 0) is 97.0 Å². The van der Waals surface area contributed by atoms with E-state index in [1.54, 1.807) is 36.6 Å². The molecule has 1 amide bonds. The highest BCUT2D eigenvalue weighted by Crippen LogP contribution is 2.46. The third-order valence-corrected chi connectivity index (χ3v) is 14.6. The van der Waals surface area contributed by atoms with E-state index in [4.69, 9.17) is 21.1 Å². The average molecular weight is 938 g/mol. The molecule has 4 aromatic rings. The number of alkyl halides is 3. The van der Waals surface area contributed by atoms with E-state index in [-0.39, 0.29) is 35.1 Å². The van der Waals surface area contributed by atoms with Crippen LogP contribution in [-0.2, 0) is 25.7 Å². The number of rotatable bonds is 13. The summed E-state index contributed by atoms with van der Waals surface area (Å²) in [7, 11) is -4.69. The Morgan fingerprint density at radius 2 is 1.85 bits per heavy atom. The summed E-state index contributed by atoms with van der Waals surface area (Å²) < 4.78 is 83.3.